The summed E-state index contributed by atoms with van der Waals surface area (Å²) in [5, 5.41) is 2.82. The van der Waals surface area contributed by atoms with Crippen LogP contribution >= 0.6 is 12.4 Å². The fourth-order valence-electron chi connectivity index (χ4n) is 2.82. The van der Waals surface area contributed by atoms with Crippen molar-refractivity contribution in [1.29, 1.82) is 0 Å². The van der Waals surface area contributed by atoms with Gasteiger partial charge in [-0.1, -0.05) is 6.07 Å². The van der Waals surface area contributed by atoms with Crippen LogP contribution in [0.25, 0.3) is 0 Å². The van der Waals surface area contributed by atoms with Crippen LogP contribution in [0.2, 0.25) is 0 Å². The van der Waals surface area contributed by atoms with Crippen LogP contribution in [-0.4, -0.2) is 42.4 Å². The Morgan fingerprint density at radius 1 is 1.38 bits per heavy atom. The van der Waals surface area contributed by atoms with E-state index >= 15 is 0 Å². The molecule has 134 valence electrons. The third kappa shape index (κ3) is 5.18. The van der Waals surface area contributed by atoms with Crippen LogP contribution in [0.4, 0.5) is 4.39 Å². The highest BCUT2D eigenvalue weighted by Gasteiger charge is 2.28. The summed E-state index contributed by atoms with van der Waals surface area (Å²) in [5.74, 6) is -0.658. The number of nitrogens with one attached hydrogen (secondary N) is 1. The lowest BCUT2D eigenvalue weighted by Gasteiger charge is -2.36. The first-order chi connectivity index (χ1) is 11.0. The molecule has 1 saturated heterocycles. The molecule has 0 aromatic heterocycles. The average molecular weight is 358 g/mol. The highest BCUT2D eigenvalue weighted by Crippen LogP contribution is 2.20. The van der Waals surface area contributed by atoms with Crippen molar-refractivity contribution in [2.45, 2.75) is 38.6 Å². The topological polar surface area (TPSA) is 75.4 Å². The first-order valence-electron chi connectivity index (χ1n) is 8.07. The van der Waals surface area contributed by atoms with E-state index in [0.717, 1.165) is 19.3 Å². The second-order valence-electron chi connectivity index (χ2n) is 5.95. The Balaban J connectivity index is 0.00000288. The van der Waals surface area contributed by atoms with E-state index < -0.39 is 0 Å². The Bertz CT molecular complexity index is 583. The predicted molar refractivity (Wildman–Crippen MR) is 93.7 cm³/mol. The quantitative estimate of drug-likeness (QED) is 0.846. The molecule has 0 saturated carbocycles. The average Bonchev–Trinajstić information content (AvgIpc) is 2.55. The lowest BCUT2D eigenvalue weighted by Crippen LogP contribution is -2.49. The molecule has 7 heteroatoms. The van der Waals surface area contributed by atoms with E-state index in [2.05, 4.69) is 5.32 Å². The van der Waals surface area contributed by atoms with Gasteiger partial charge in [-0.3, -0.25) is 9.59 Å². The molecule has 2 rings (SSSR count). The third-order valence-corrected chi connectivity index (χ3v) is 4.21. The number of amides is 2. The number of nitrogens with two attached hydrogens (primary N) is 1. The van der Waals surface area contributed by atoms with E-state index in [-0.39, 0.29) is 42.5 Å². The summed E-state index contributed by atoms with van der Waals surface area (Å²) in [6.45, 7) is 3.02. The molecule has 1 aromatic carbocycles. The fourth-order valence-corrected chi connectivity index (χ4v) is 2.82. The van der Waals surface area contributed by atoms with E-state index in [9.17, 15) is 14.0 Å². The zero-order valence-corrected chi connectivity index (χ0v) is 14.7. The van der Waals surface area contributed by atoms with Gasteiger partial charge in [0.25, 0.3) is 5.91 Å². The van der Waals surface area contributed by atoms with Crippen LogP contribution in [0.5, 0.6) is 0 Å². The zero-order valence-electron chi connectivity index (χ0n) is 13.9. The smallest absolute Gasteiger partial charge is 0.254 e. The molecule has 0 aliphatic carbocycles. The first kappa shape index (κ1) is 20.4. The summed E-state index contributed by atoms with van der Waals surface area (Å²) < 4.78 is 13.7. The fraction of sp³-hybridized carbons (Fsp3) is 0.529. The number of nitrogens with zero attached hydrogens (tertiary/aromatic N) is 1. The van der Waals surface area contributed by atoms with Crippen LogP contribution in [0, 0.1) is 12.7 Å². The Labute approximate surface area is 148 Å². The van der Waals surface area contributed by atoms with Crippen molar-refractivity contribution < 1.29 is 14.0 Å². The number of aryl methyl sites for hydroxylation is 1. The number of carbonyl (C=O) groups excluding carboxylic acids is 2. The molecule has 24 heavy (non-hydrogen) atoms. The minimum atomic E-state index is -0.374. The molecule has 1 aliphatic heterocycles. The molecular formula is C17H25ClFN3O2. The number of benzene rings is 1. The van der Waals surface area contributed by atoms with Crippen molar-refractivity contribution in [1.82, 2.24) is 10.2 Å². The number of piperidine rings is 1. The largest absolute Gasteiger partial charge is 0.354 e. The maximum Gasteiger partial charge on any atom is 0.254 e. The number of rotatable bonds is 5. The highest BCUT2D eigenvalue weighted by atomic mass is 35.5. The summed E-state index contributed by atoms with van der Waals surface area (Å²) in [6.07, 6.45) is 3.06. The van der Waals surface area contributed by atoms with Crippen LogP contribution in [0.3, 0.4) is 0 Å². The molecule has 0 bridgehead atoms. The predicted octanol–water partition coefficient (Wildman–Crippen LogP) is 2.02. The van der Waals surface area contributed by atoms with Gasteiger partial charge in [-0.2, -0.15) is 0 Å². The maximum absolute atomic E-state index is 13.7. The van der Waals surface area contributed by atoms with Gasteiger partial charge in [0, 0.05) is 37.7 Å². The lowest BCUT2D eigenvalue weighted by atomic mass is 10.00. The number of likely N-dealkylation sites (tertiary alicyclic amines) is 1. The number of hydrogen-bond acceptors (Lipinski definition) is 3. The zero-order chi connectivity index (χ0) is 16.8. The normalized spacial score (nSPS) is 17.1. The maximum atomic E-state index is 13.7. The highest BCUT2D eigenvalue weighted by molar-refractivity contribution is 5.94. The Morgan fingerprint density at radius 2 is 2.12 bits per heavy atom. The molecule has 2 amide bonds. The number of carbonyl (C=O) groups is 2. The Morgan fingerprint density at radius 3 is 2.79 bits per heavy atom. The van der Waals surface area contributed by atoms with Crippen molar-refractivity contribution >= 4 is 24.2 Å². The molecule has 1 aromatic rings. The second kappa shape index (κ2) is 9.59. The summed E-state index contributed by atoms with van der Waals surface area (Å²) in [5.41, 5.74) is 6.23. The van der Waals surface area contributed by atoms with Crippen molar-refractivity contribution in [3.05, 3.63) is 35.1 Å². The molecule has 0 spiro atoms. The first-order valence-corrected chi connectivity index (χ1v) is 8.07. The summed E-state index contributed by atoms with van der Waals surface area (Å²) in [6, 6.07) is 4.50. The van der Waals surface area contributed by atoms with Crippen molar-refractivity contribution in [3.8, 4) is 0 Å². The third-order valence-electron chi connectivity index (χ3n) is 4.21. The molecule has 5 nitrogen and oxygen atoms in total. The lowest BCUT2D eigenvalue weighted by molar-refractivity contribution is -0.121. The monoisotopic (exact) mass is 357 g/mol. The van der Waals surface area contributed by atoms with E-state index in [1.807, 2.05) is 0 Å². The SMILES string of the molecule is Cc1ccc(C(=O)N2CCCCC2CNC(=O)CCN)cc1F.Cl. The van der Waals surface area contributed by atoms with Gasteiger partial charge in [-0.15, -0.1) is 12.4 Å². The molecule has 0 radical (unpaired) electrons. The minimum absolute atomic E-state index is 0. The van der Waals surface area contributed by atoms with Gasteiger partial charge in [0.05, 0.1) is 0 Å². The molecule has 1 atom stereocenters. The molecule has 1 fully saturated rings. The van der Waals surface area contributed by atoms with Gasteiger partial charge in [0.1, 0.15) is 5.82 Å². The van der Waals surface area contributed by atoms with E-state index in [1.165, 1.54) is 6.07 Å². The molecule has 1 aliphatic rings. The number of hydrogen-bond donors (Lipinski definition) is 2. The van der Waals surface area contributed by atoms with E-state index in [1.54, 1.807) is 24.0 Å². The summed E-state index contributed by atoms with van der Waals surface area (Å²) in [4.78, 5) is 26.0. The Hall–Kier alpha value is -1.66. The van der Waals surface area contributed by atoms with Crippen LogP contribution in [-0.2, 0) is 4.79 Å². The molecule has 3 N–H and O–H groups in total. The van der Waals surface area contributed by atoms with Crippen molar-refractivity contribution in [2.75, 3.05) is 19.6 Å². The van der Waals surface area contributed by atoms with Crippen LogP contribution in [0.15, 0.2) is 18.2 Å². The van der Waals surface area contributed by atoms with Gasteiger partial charge in [-0.25, -0.2) is 4.39 Å². The molecule has 1 unspecified atom stereocenters. The van der Waals surface area contributed by atoms with Gasteiger partial charge in [0.15, 0.2) is 0 Å². The summed E-state index contributed by atoms with van der Waals surface area (Å²) in [7, 11) is 0. The van der Waals surface area contributed by atoms with Gasteiger partial charge in [0.2, 0.25) is 5.91 Å². The summed E-state index contributed by atoms with van der Waals surface area (Å²) >= 11 is 0. The van der Waals surface area contributed by atoms with Crippen LogP contribution in [0.1, 0.15) is 41.6 Å². The van der Waals surface area contributed by atoms with Gasteiger partial charge in [-0.05, 0) is 43.9 Å². The minimum Gasteiger partial charge on any atom is -0.354 e. The number of halogens is 2. The standard InChI is InChI=1S/C17H24FN3O2.ClH/c1-12-5-6-13(10-15(12)18)17(23)21-9-3-2-4-14(21)11-20-16(22)7-8-19;/h5-6,10,14H,2-4,7-9,11,19H2,1H3,(H,20,22);1H. The van der Waals surface area contributed by atoms with E-state index in [0.29, 0.717) is 30.8 Å². The van der Waals surface area contributed by atoms with Crippen molar-refractivity contribution in [2.24, 2.45) is 5.73 Å². The Kier molecular flexibility index (Phi) is 8.15. The molecular weight excluding hydrogens is 333 g/mol. The molecule has 1 heterocycles. The second-order valence-corrected chi connectivity index (χ2v) is 5.95. The van der Waals surface area contributed by atoms with Crippen LogP contribution < -0.4 is 11.1 Å². The van der Waals surface area contributed by atoms with Crippen molar-refractivity contribution in [3.63, 3.8) is 0 Å². The van der Waals surface area contributed by atoms with Gasteiger partial charge < -0.3 is 16.0 Å². The van der Waals surface area contributed by atoms with E-state index in [4.69, 9.17) is 5.73 Å². The van der Waals surface area contributed by atoms with Gasteiger partial charge >= 0.3 is 0 Å².